The van der Waals surface area contributed by atoms with Crippen molar-refractivity contribution in [2.45, 2.75) is 13.5 Å². The van der Waals surface area contributed by atoms with Crippen molar-refractivity contribution in [3.05, 3.63) is 80.7 Å². The van der Waals surface area contributed by atoms with Gasteiger partial charge < -0.3 is 5.32 Å². The van der Waals surface area contributed by atoms with Gasteiger partial charge in [-0.1, -0.05) is 35.6 Å². The number of hydrogen-bond acceptors (Lipinski definition) is 4. The number of aromatic nitrogens is 2. The summed E-state index contributed by atoms with van der Waals surface area (Å²) in [4.78, 5) is 28.0. The van der Waals surface area contributed by atoms with E-state index in [2.05, 4.69) is 10.3 Å². The predicted molar refractivity (Wildman–Crippen MR) is 102 cm³/mol. The highest BCUT2D eigenvalue weighted by Crippen LogP contribution is 2.13. The first-order valence-corrected chi connectivity index (χ1v) is 8.64. The first-order chi connectivity index (χ1) is 12.1. The molecular formula is C19H17N3O2S. The number of carbonyl (C=O) groups is 1. The maximum atomic E-state index is 12.2. The van der Waals surface area contributed by atoms with E-state index in [-0.39, 0.29) is 17.3 Å². The van der Waals surface area contributed by atoms with Gasteiger partial charge in [0.25, 0.3) is 0 Å². The number of rotatable bonds is 5. The molecule has 0 atom stereocenters. The van der Waals surface area contributed by atoms with Crippen LogP contribution in [0, 0.1) is 6.92 Å². The molecule has 2 heterocycles. The van der Waals surface area contributed by atoms with Gasteiger partial charge in [0.15, 0.2) is 0 Å². The average molecular weight is 351 g/mol. The number of amides is 1. The molecular weight excluding hydrogens is 334 g/mol. The highest BCUT2D eigenvalue weighted by molar-refractivity contribution is 7.07. The van der Waals surface area contributed by atoms with E-state index in [0.717, 1.165) is 28.3 Å². The second kappa shape index (κ2) is 7.72. The third kappa shape index (κ3) is 4.51. The number of anilines is 1. The van der Waals surface area contributed by atoms with Crippen molar-refractivity contribution in [2.24, 2.45) is 0 Å². The Morgan fingerprint density at radius 2 is 2.12 bits per heavy atom. The molecule has 0 saturated carbocycles. The van der Waals surface area contributed by atoms with E-state index in [1.54, 1.807) is 11.6 Å². The van der Waals surface area contributed by atoms with Crippen molar-refractivity contribution in [1.82, 2.24) is 9.55 Å². The molecule has 3 rings (SSSR count). The van der Waals surface area contributed by atoms with Crippen LogP contribution >= 0.6 is 11.3 Å². The molecule has 0 aliphatic rings. The van der Waals surface area contributed by atoms with E-state index >= 15 is 0 Å². The maximum Gasteiger partial charge on any atom is 0.307 e. The van der Waals surface area contributed by atoms with E-state index in [9.17, 15) is 9.59 Å². The topological polar surface area (TPSA) is 64.0 Å². The normalized spacial score (nSPS) is 10.9. The summed E-state index contributed by atoms with van der Waals surface area (Å²) in [5.41, 5.74) is 3.29. The molecule has 0 aliphatic heterocycles. The lowest BCUT2D eigenvalue weighted by Crippen LogP contribution is -2.25. The molecule has 0 unspecified atom stereocenters. The van der Waals surface area contributed by atoms with Crippen molar-refractivity contribution in [3.63, 3.8) is 0 Å². The zero-order valence-electron chi connectivity index (χ0n) is 13.7. The van der Waals surface area contributed by atoms with Crippen LogP contribution in [-0.4, -0.2) is 15.5 Å². The summed E-state index contributed by atoms with van der Waals surface area (Å²) in [7, 11) is 0. The smallest absolute Gasteiger partial charge is 0.307 e. The van der Waals surface area contributed by atoms with Gasteiger partial charge in [-0.25, -0.2) is 0 Å². The molecule has 5 nitrogen and oxygen atoms in total. The second-order valence-corrected chi connectivity index (χ2v) is 6.31. The minimum atomic E-state index is -0.227. The number of nitrogens with one attached hydrogen (secondary N) is 1. The molecule has 126 valence electrons. The maximum absolute atomic E-state index is 12.2. The third-order valence-corrected chi connectivity index (χ3v) is 4.46. The van der Waals surface area contributed by atoms with Gasteiger partial charge in [0.1, 0.15) is 6.54 Å². The molecule has 0 bridgehead atoms. The molecule has 0 saturated heterocycles. The number of aryl methyl sites for hydroxylation is 1. The van der Waals surface area contributed by atoms with Gasteiger partial charge in [-0.05, 0) is 42.8 Å². The van der Waals surface area contributed by atoms with E-state index in [4.69, 9.17) is 0 Å². The second-order valence-electron chi connectivity index (χ2n) is 5.49. The van der Waals surface area contributed by atoms with Crippen molar-refractivity contribution in [3.8, 4) is 0 Å². The fraction of sp³-hybridized carbons (Fsp3) is 0.105. The molecule has 25 heavy (non-hydrogen) atoms. The Morgan fingerprint density at radius 3 is 2.84 bits per heavy atom. The van der Waals surface area contributed by atoms with Crippen molar-refractivity contribution < 1.29 is 4.79 Å². The third-order valence-electron chi connectivity index (χ3n) is 3.58. The lowest BCUT2D eigenvalue weighted by molar-refractivity contribution is -0.116. The SMILES string of the molecule is Cc1csc(=O)n1CC(=O)Nc1cccc(/C=C/c2ccccn2)c1. The number of hydrogen-bond donors (Lipinski definition) is 1. The molecule has 0 spiro atoms. The lowest BCUT2D eigenvalue weighted by atomic mass is 10.1. The summed E-state index contributed by atoms with van der Waals surface area (Å²) in [5, 5.41) is 4.58. The minimum Gasteiger partial charge on any atom is -0.325 e. The summed E-state index contributed by atoms with van der Waals surface area (Å²) in [5.74, 6) is -0.227. The highest BCUT2D eigenvalue weighted by Gasteiger charge is 2.08. The molecule has 3 aromatic rings. The Morgan fingerprint density at radius 1 is 1.24 bits per heavy atom. The van der Waals surface area contributed by atoms with Gasteiger partial charge in [0.05, 0.1) is 5.69 Å². The standard InChI is InChI=1S/C19H17N3O2S/c1-14-13-25-19(24)22(14)12-18(23)21-17-7-4-5-15(11-17)8-9-16-6-2-3-10-20-16/h2-11,13H,12H2,1H3,(H,21,23)/b9-8+. The summed E-state index contributed by atoms with van der Waals surface area (Å²) in [6, 6.07) is 13.2. The number of benzene rings is 1. The monoisotopic (exact) mass is 351 g/mol. The van der Waals surface area contributed by atoms with E-state index in [1.165, 1.54) is 4.57 Å². The summed E-state index contributed by atoms with van der Waals surface area (Å²) in [6.07, 6.45) is 5.59. The van der Waals surface area contributed by atoms with Gasteiger partial charge in [0.2, 0.25) is 5.91 Å². The molecule has 0 aliphatic carbocycles. The van der Waals surface area contributed by atoms with Crippen molar-refractivity contribution >= 4 is 35.1 Å². The van der Waals surface area contributed by atoms with E-state index in [1.807, 2.05) is 61.5 Å². The zero-order chi connectivity index (χ0) is 17.6. The first kappa shape index (κ1) is 16.9. The minimum absolute atomic E-state index is 0.0160. The van der Waals surface area contributed by atoms with Crippen LogP contribution in [0.25, 0.3) is 12.2 Å². The first-order valence-electron chi connectivity index (χ1n) is 7.76. The molecule has 1 aromatic carbocycles. The van der Waals surface area contributed by atoms with Crippen LogP contribution in [0.15, 0.2) is 58.8 Å². The number of thiazole rings is 1. The van der Waals surface area contributed by atoms with Gasteiger partial charge in [-0.3, -0.25) is 19.1 Å². The molecule has 1 N–H and O–H groups in total. The number of nitrogens with zero attached hydrogens (tertiary/aromatic N) is 2. The molecule has 0 radical (unpaired) electrons. The molecule has 0 fully saturated rings. The average Bonchev–Trinajstić information content (AvgIpc) is 2.93. The van der Waals surface area contributed by atoms with Crippen molar-refractivity contribution in [1.29, 1.82) is 0 Å². The molecule has 6 heteroatoms. The Labute approximate surface area is 149 Å². The Balaban J connectivity index is 1.68. The van der Waals surface area contributed by atoms with E-state index < -0.39 is 0 Å². The zero-order valence-corrected chi connectivity index (χ0v) is 14.5. The van der Waals surface area contributed by atoms with Gasteiger partial charge in [-0.2, -0.15) is 0 Å². The Bertz CT molecular complexity index is 958. The lowest BCUT2D eigenvalue weighted by Gasteiger charge is -2.07. The van der Waals surface area contributed by atoms with Gasteiger partial charge in [-0.15, -0.1) is 0 Å². The summed E-state index contributed by atoms with van der Waals surface area (Å²) < 4.78 is 1.46. The highest BCUT2D eigenvalue weighted by atomic mass is 32.1. The van der Waals surface area contributed by atoms with E-state index in [0.29, 0.717) is 5.69 Å². The van der Waals surface area contributed by atoms with Crippen LogP contribution in [0.1, 0.15) is 17.0 Å². The van der Waals surface area contributed by atoms with Crippen LogP contribution in [0.4, 0.5) is 5.69 Å². The van der Waals surface area contributed by atoms with Crippen LogP contribution < -0.4 is 10.2 Å². The van der Waals surface area contributed by atoms with Crippen LogP contribution in [-0.2, 0) is 11.3 Å². The molecule has 2 aromatic heterocycles. The van der Waals surface area contributed by atoms with Gasteiger partial charge in [0, 0.05) is 23.0 Å². The van der Waals surface area contributed by atoms with Gasteiger partial charge >= 0.3 is 4.87 Å². The van der Waals surface area contributed by atoms with Crippen LogP contribution in [0.2, 0.25) is 0 Å². The van der Waals surface area contributed by atoms with Crippen LogP contribution in [0.5, 0.6) is 0 Å². The van der Waals surface area contributed by atoms with Crippen LogP contribution in [0.3, 0.4) is 0 Å². The number of pyridine rings is 1. The molecule has 1 amide bonds. The van der Waals surface area contributed by atoms with Crippen molar-refractivity contribution in [2.75, 3.05) is 5.32 Å². The summed E-state index contributed by atoms with van der Waals surface area (Å²) in [6.45, 7) is 1.83. The largest absolute Gasteiger partial charge is 0.325 e. The fourth-order valence-corrected chi connectivity index (χ4v) is 3.05. The number of carbonyl (C=O) groups excluding carboxylic acids is 1. The summed E-state index contributed by atoms with van der Waals surface area (Å²) >= 11 is 1.10. The fourth-order valence-electron chi connectivity index (χ4n) is 2.32. The Kier molecular flexibility index (Phi) is 5.20. The predicted octanol–water partition coefficient (Wildman–Crippen LogP) is 3.42. The Hall–Kier alpha value is -2.99. The quantitative estimate of drug-likeness (QED) is 0.766.